The highest BCUT2D eigenvalue weighted by Crippen LogP contribution is 2.36. The molecule has 110 valence electrons. The maximum Gasteiger partial charge on any atom is 0.330 e. The third kappa shape index (κ3) is 2.73. The predicted molar refractivity (Wildman–Crippen MR) is 80.6 cm³/mol. The van der Waals surface area contributed by atoms with Crippen LogP contribution in [0.1, 0.15) is 50.7 Å². The molecule has 0 aromatic heterocycles. The second kappa shape index (κ2) is 6.40. The number of esters is 1. The number of benzene rings is 1. The van der Waals surface area contributed by atoms with Gasteiger partial charge in [0.25, 0.3) is 0 Å². The summed E-state index contributed by atoms with van der Waals surface area (Å²) in [5.74, 6) is -0.160. The van der Waals surface area contributed by atoms with E-state index in [-0.39, 0.29) is 12.0 Å². The van der Waals surface area contributed by atoms with E-state index in [0.29, 0.717) is 0 Å². The van der Waals surface area contributed by atoms with Crippen molar-refractivity contribution in [3.05, 3.63) is 35.4 Å². The van der Waals surface area contributed by atoms with Gasteiger partial charge in [-0.15, -0.1) is 0 Å². The first-order chi connectivity index (χ1) is 9.64. The highest BCUT2D eigenvalue weighted by molar-refractivity contribution is 5.83. The SMILES string of the molecule is CCC(C)NC1(C(=O)OC)CCCCc2ccccc21. The van der Waals surface area contributed by atoms with Gasteiger partial charge >= 0.3 is 5.97 Å². The fraction of sp³-hybridized carbons (Fsp3) is 0.588. The Bertz CT molecular complexity index is 472. The summed E-state index contributed by atoms with van der Waals surface area (Å²) in [6.07, 6.45) is 4.99. The fourth-order valence-electron chi connectivity index (χ4n) is 3.11. The monoisotopic (exact) mass is 275 g/mol. The van der Waals surface area contributed by atoms with Gasteiger partial charge in [-0.05, 0) is 43.7 Å². The summed E-state index contributed by atoms with van der Waals surface area (Å²) in [5, 5.41) is 3.55. The van der Waals surface area contributed by atoms with E-state index >= 15 is 0 Å². The van der Waals surface area contributed by atoms with Crippen LogP contribution in [0.4, 0.5) is 0 Å². The topological polar surface area (TPSA) is 38.3 Å². The molecule has 3 heteroatoms. The first-order valence-corrected chi connectivity index (χ1v) is 7.58. The van der Waals surface area contributed by atoms with Gasteiger partial charge in [-0.2, -0.15) is 0 Å². The van der Waals surface area contributed by atoms with Gasteiger partial charge in [0.05, 0.1) is 7.11 Å². The Labute approximate surface area is 121 Å². The van der Waals surface area contributed by atoms with Crippen LogP contribution in [0.3, 0.4) is 0 Å². The predicted octanol–water partition coefficient (Wildman–Crippen LogP) is 3.17. The van der Waals surface area contributed by atoms with Gasteiger partial charge in [0.1, 0.15) is 5.54 Å². The molecule has 0 amide bonds. The Morgan fingerprint density at radius 2 is 2.15 bits per heavy atom. The van der Waals surface area contributed by atoms with E-state index in [1.165, 1.54) is 12.7 Å². The van der Waals surface area contributed by atoms with E-state index in [1.54, 1.807) is 0 Å². The van der Waals surface area contributed by atoms with Gasteiger partial charge in [-0.25, -0.2) is 4.79 Å². The standard InChI is InChI=1S/C17H25NO2/c1-4-13(2)18-17(16(19)20-3)12-8-7-10-14-9-5-6-11-15(14)17/h5-6,9,11,13,18H,4,7-8,10,12H2,1-3H3. The number of methoxy groups -OCH3 is 1. The van der Waals surface area contributed by atoms with Crippen molar-refractivity contribution in [3.63, 3.8) is 0 Å². The molecule has 0 heterocycles. The second-order valence-electron chi connectivity index (χ2n) is 5.71. The van der Waals surface area contributed by atoms with Crippen molar-refractivity contribution < 1.29 is 9.53 Å². The highest BCUT2D eigenvalue weighted by atomic mass is 16.5. The largest absolute Gasteiger partial charge is 0.467 e. The van der Waals surface area contributed by atoms with Gasteiger partial charge < -0.3 is 4.74 Å². The minimum atomic E-state index is -0.683. The second-order valence-corrected chi connectivity index (χ2v) is 5.71. The third-order valence-electron chi connectivity index (χ3n) is 4.36. The van der Waals surface area contributed by atoms with Crippen LogP contribution in [0.5, 0.6) is 0 Å². The molecule has 3 nitrogen and oxygen atoms in total. The lowest BCUT2D eigenvalue weighted by Crippen LogP contribution is -2.53. The van der Waals surface area contributed by atoms with E-state index in [1.807, 2.05) is 6.07 Å². The molecule has 1 aliphatic carbocycles. The maximum absolute atomic E-state index is 12.6. The first kappa shape index (κ1) is 15.0. The molecule has 1 aromatic carbocycles. The van der Waals surface area contributed by atoms with E-state index in [4.69, 9.17) is 4.74 Å². The molecule has 1 aliphatic rings. The summed E-state index contributed by atoms with van der Waals surface area (Å²) in [6, 6.07) is 8.55. The molecule has 2 unspecified atom stereocenters. The number of ether oxygens (including phenoxy) is 1. The third-order valence-corrected chi connectivity index (χ3v) is 4.36. The van der Waals surface area contributed by atoms with Crippen molar-refractivity contribution >= 4 is 5.97 Å². The molecule has 0 saturated carbocycles. The van der Waals surface area contributed by atoms with E-state index in [2.05, 4.69) is 37.4 Å². The van der Waals surface area contributed by atoms with Gasteiger partial charge in [-0.3, -0.25) is 5.32 Å². The van der Waals surface area contributed by atoms with Gasteiger partial charge in [0, 0.05) is 6.04 Å². The molecule has 0 spiro atoms. The van der Waals surface area contributed by atoms with Crippen molar-refractivity contribution in [3.8, 4) is 0 Å². The molecule has 0 saturated heterocycles. The van der Waals surface area contributed by atoms with Crippen LogP contribution in [-0.4, -0.2) is 19.1 Å². The molecule has 0 bridgehead atoms. The minimum Gasteiger partial charge on any atom is -0.467 e. The van der Waals surface area contributed by atoms with Gasteiger partial charge in [-0.1, -0.05) is 37.6 Å². The van der Waals surface area contributed by atoms with E-state index < -0.39 is 5.54 Å². The lowest BCUT2D eigenvalue weighted by molar-refractivity contribution is -0.150. The molecular weight excluding hydrogens is 250 g/mol. The van der Waals surface area contributed by atoms with Crippen LogP contribution < -0.4 is 5.32 Å². The zero-order valence-electron chi connectivity index (χ0n) is 12.7. The molecule has 20 heavy (non-hydrogen) atoms. The first-order valence-electron chi connectivity index (χ1n) is 7.58. The summed E-state index contributed by atoms with van der Waals surface area (Å²) in [5.41, 5.74) is 1.69. The minimum absolute atomic E-state index is 0.160. The number of aryl methyl sites for hydroxylation is 1. The average molecular weight is 275 g/mol. The smallest absolute Gasteiger partial charge is 0.330 e. The van der Waals surface area contributed by atoms with Crippen molar-refractivity contribution in [2.24, 2.45) is 0 Å². The molecule has 1 aromatic rings. The highest BCUT2D eigenvalue weighted by Gasteiger charge is 2.43. The Kier molecular flexibility index (Phi) is 4.81. The number of carbonyl (C=O) groups is 1. The van der Waals surface area contributed by atoms with Crippen molar-refractivity contribution in [1.82, 2.24) is 5.32 Å². The maximum atomic E-state index is 12.6. The Balaban J connectivity index is 2.51. The van der Waals surface area contributed by atoms with Crippen LogP contribution in [-0.2, 0) is 21.5 Å². The zero-order valence-corrected chi connectivity index (χ0v) is 12.7. The van der Waals surface area contributed by atoms with Crippen LogP contribution in [0.25, 0.3) is 0 Å². The van der Waals surface area contributed by atoms with Crippen molar-refractivity contribution in [1.29, 1.82) is 0 Å². The summed E-state index contributed by atoms with van der Waals surface area (Å²) in [6.45, 7) is 4.25. The Hall–Kier alpha value is -1.35. The lowest BCUT2D eigenvalue weighted by atomic mass is 9.83. The number of nitrogens with one attached hydrogen (secondary N) is 1. The van der Waals surface area contributed by atoms with Gasteiger partial charge in [0.2, 0.25) is 0 Å². The van der Waals surface area contributed by atoms with Gasteiger partial charge in [0.15, 0.2) is 0 Å². The number of rotatable bonds is 4. The molecule has 2 rings (SSSR count). The molecule has 1 N–H and O–H groups in total. The summed E-state index contributed by atoms with van der Waals surface area (Å²) < 4.78 is 5.15. The zero-order chi connectivity index (χ0) is 14.6. The van der Waals surface area contributed by atoms with Crippen molar-refractivity contribution in [2.75, 3.05) is 7.11 Å². The van der Waals surface area contributed by atoms with E-state index in [0.717, 1.165) is 37.7 Å². The van der Waals surface area contributed by atoms with E-state index in [9.17, 15) is 4.79 Å². The number of fused-ring (bicyclic) bond motifs is 1. The summed E-state index contributed by atoms with van der Waals surface area (Å²) in [7, 11) is 1.48. The van der Waals surface area contributed by atoms with Crippen LogP contribution in [0.15, 0.2) is 24.3 Å². The number of hydrogen-bond acceptors (Lipinski definition) is 3. The summed E-state index contributed by atoms with van der Waals surface area (Å²) >= 11 is 0. The molecular formula is C17H25NO2. The Morgan fingerprint density at radius 1 is 1.40 bits per heavy atom. The van der Waals surface area contributed by atoms with Crippen LogP contribution in [0.2, 0.25) is 0 Å². The molecule has 0 fully saturated rings. The van der Waals surface area contributed by atoms with Crippen LogP contribution in [0, 0.1) is 0 Å². The average Bonchev–Trinajstić information content (AvgIpc) is 2.67. The molecule has 0 radical (unpaired) electrons. The van der Waals surface area contributed by atoms with Crippen LogP contribution >= 0.6 is 0 Å². The Morgan fingerprint density at radius 3 is 2.85 bits per heavy atom. The number of hydrogen-bond donors (Lipinski definition) is 1. The molecule has 2 atom stereocenters. The quantitative estimate of drug-likeness (QED) is 0.677. The fourth-order valence-corrected chi connectivity index (χ4v) is 3.11. The normalized spacial score (nSPS) is 23.6. The lowest BCUT2D eigenvalue weighted by Gasteiger charge is -2.35. The number of carbonyl (C=O) groups excluding carboxylic acids is 1. The van der Waals surface area contributed by atoms with Crippen molar-refractivity contribution in [2.45, 2.75) is 57.5 Å². The molecule has 0 aliphatic heterocycles. The summed E-state index contributed by atoms with van der Waals surface area (Å²) in [4.78, 5) is 12.6.